The minimum Gasteiger partial charge on any atom is -0.477 e. The molecule has 0 amide bonds. The number of anilines is 1. The lowest BCUT2D eigenvalue weighted by molar-refractivity contribution is 0.0702. The van der Waals surface area contributed by atoms with Crippen molar-refractivity contribution < 1.29 is 9.90 Å². The summed E-state index contributed by atoms with van der Waals surface area (Å²) >= 11 is 1.15. The van der Waals surface area contributed by atoms with Gasteiger partial charge in [0.15, 0.2) is 5.13 Å². The van der Waals surface area contributed by atoms with E-state index in [9.17, 15) is 4.79 Å². The molecule has 1 rings (SSSR count). The van der Waals surface area contributed by atoms with Crippen LogP contribution in [0.4, 0.5) is 5.13 Å². The largest absolute Gasteiger partial charge is 0.477 e. The van der Waals surface area contributed by atoms with Gasteiger partial charge in [-0.2, -0.15) is 0 Å². The van der Waals surface area contributed by atoms with E-state index in [2.05, 4.69) is 10.9 Å². The van der Waals surface area contributed by atoms with Gasteiger partial charge in [0.2, 0.25) is 0 Å². The summed E-state index contributed by atoms with van der Waals surface area (Å²) < 4.78 is 0. The van der Waals surface area contributed by atoms with Gasteiger partial charge in [-0.3, -0.25) is 0 Å². The third kappa shape index (κ3) is 2.47. The van der Waals surface area contributed by atoms with Crippen LogP contribution in [-0.4, -0.2) is 29.7 Å². The van der Waals surface area contributed by atoms with E-state index in [-0.39, 0.29) is 4.88 Å². The Morgan fingerprint density at radius 1 is 1.86 bits per heavy atom. The van der Waals surface area contributed by atoms with Crippen LogP contribution in [0.2, 0.25) is 0 Å². The first kappa shape index (κ1) is 10.5. The third-order valence-electron chi connectivity index (χ3n) is 1.62. The lowest BCUT2D eigenvalue weighted by Gasteiger charge is -2.12. The van der Waals surface area contributed by atoms with Gasteiger partial charge in [-0.15, -0.1) is 12.3 Å². The Hall–Kier alpha value is -1.54. The summed E-state index contributed by atoms with van der Waals surface area (Å²) in [6.07, 6.45) is 7.10. The van der Waals surface area contributed by atoms with E-state index >= 15 is 0 Å². The fourth-order valence-electron chi connectivity index (χ4n) is 0.868. The van der Waals surface area contributed by atoms with Crippen LogP contribution >= 0.6 is 11.3 Å². The van der Waals surface area contributed by atoms with Gasteiger partial charge < -0.3 is 10.0 Å². The van der Waals surface area contributed by atoms with E-state index in [1.165, 1.54) is 6.20 Å². The predicted molar refractivity (Wildman–Crippen MR) is 55.8 cm³/mol. The number of hydrogen-bond acceptors (Lipinski definition) is 4. The van der Waals surface area contributed by atoms with Crippen LogP contribution in [0.15, 0.2) is 6.20 Å². The zero-order valence-corrected chi connectivity index (χ0v) is 8.54. The second-order valence-corrected chi connectivity index (χ2v) is 3.70. The summed E-state index contributed by atoms with van der Waals surface area (Å²) in [5.41, 5.74) is 0. The van der Waals surface area contributed by atoms with Gasteiger partial charge in [0.1, 0.15) is 4.88 Å². The Labute approximate surface area is 86.2 Å². The topological polar surface area (TPSA) is 53.4 Å². The number of nitrogens with zero attached hydrogens (tertiary/aromatic N) is 2. The van der Waals surface area contributed by atoms with Crippen LogP contribution in [0.3, 0.4) is 0 Å². The molecular weight excluding hydrogens is 200 g/mol. The van der Waals surface area contributed by atoms with E-state index in [0.29, 0.717) is 18.1 Å². The van der Waals surface area contributed by atoms with Crippen molar-refractivity contribution in [2.24, 2.45) is 0 Å². The molecule has 0 unspecified atom stereocenters. The quantitative estimate of drug-likeness (QED) is 0.761. The number of aromatic nitrogens is 1. The Balaban J connectivity index is 2.67. The highest BCUT2D eigenvalue weighted by molar-refractivity contribution is 7.17. The molecule has 0 fully saturated rings. The fourth-order valence-corrected chi connectivity index (χ4v) is 1.61. The highest BCUT2D eigenvalue weighted by atomic mass is 32.1. The van der Waals surface area contributed by atoms with E-state index in [0.717, 1.165) is 11.3 Å². The lowest BCUT2D eigenvalue weighted by Crippen LogP contribution is -2.17. The molecule has 0 radical (unpaired) electrons. The number of thiazole rings is 1. The maximum Gasteiger partial charge on any atom is 0.347 e. The Kier molecular flexibility index (Phi) is 3.48. The first-order valence-electron chi connectivity index (χ1n) is 3.99. The number of carboxylic acids is 1. The number of carboxylic acid groups (broad SMARTS) is 1. The normalized spacial score (nSPS) is 9.43. The summed E-state index contributed by atoms with van der Waals surface area (Å²) in [4.78, 5) is 16.6. The van der Waals surface area contributed by atoms with Crippen LogP contribution in [-0.2, 0) is 0 Å². The molecule has 0 atom stereocenters. The molecule has 0 bridgehead atoms. The molecule has 0 spiro atoms. The summed E-state index contributed by atoms with van der Waals surface area (Å²) in [6, 6.07) is 0. The SMILES string of the molecule is C#CCCN(C)c1ncc(C(=O)O)s1. The van der Waals surface area contributed by atoms with Crippen LogP contribution in [0, 0.1) is 12.3 Å². The van der Waals surface area contributed by atoms with Crippen molar-refractivity contribution in [1.82, 2.24) is 4.98 Å². The second-order valence-electron chi connectivity index (χ2n) is 2.69. The summed E-state index contributed by atoms with van der Waals surface area (Å²) in [5, 5.41) is 9.35. The molecule has 0 aromatic carbocycles. The zero-order valence-electron chi connectivity index (χ0n) is 7.73. The van der Waals surface area contributed by atoms with E-state index in [1.54, 1.807) is 0 Å². The smallest absolute Gasteiger partial charge is 0.347 e. The highest BCUT2D eigenvalue weighted by Crippen LogP contribution is 2.21. The van der Waals surface area contributed by atoms with E-state index < -0.39 is 5.97 Å². The Morgan fingerprint density at radius 3 is 3.07 bits per heavy atom. The molecule has 0 aliphatic carbocycles. The van der Waals surface area contributed by atoms with Gasteiger partial charge in [-0.05, 0) is 0 Å². The van der Waals surface area contributed by atoms with Crippen molar-refractivity contribution in [3.8, 4) is 12.3 Å². The van der Waals surface area contributed by atoms with Crippen molar-refractivity contribution in [3.05, 3.63) is 11.1 Å². The van der Waals surface area contributed by atoms with Gasteiger partial charge in [-0.1, -0.05) is 11.3 Å². The number of rotatable bonds is 4. The van der Waals surface area contributed by atoms with Crippen molar-refractivity contribution >= 4 is 22.4 Å². The van der Waals surface area contributed by atoms with Crippen LogP contribution in [0.25, 0.3) is 0 Å². The van der Waals surface area contributed by atoms with Crippen molar-refractivity contribution in [2.45, 2.75) is 6.42 Å². The molecule has 74 valence electrons. The number of terminal acetylenes is 1. The average Bonchev–Trinajstić information content (AvgIpc) is 2.62. The Morgan fingerprint density at radius 2 is 2.57 bits per heavy atom. The molecule has 1 aromatic rings. The van der Waals surface area contributed by atoms with Crippen molar-refractivity contribution in [3.63, 3.8) is 0 Å². The number of aromatic carboxylic acids is 1. The van der Waals surface area contributed by atoms with Gasteiger partial charge in [0.25, 0.3) is 0 Å². The number of carbonyl (C=O) groups is 1. The Bertz CT molecular complexity index is 367. The van der Waals surface area contributed by atoms with E-state index in [4.69, 9.17) is 11.5 Å². The van der Waals surface area contributed by atoms with Crippen LogP contribution < -0.4 is 4.90 Å². The molecular formula is C9H10N2O2S. The summed E-state index contributed by atoms with van der Waals surface area (Å²) in [6.45, 7) is 0.684. The van der Waals surface area contributed by atoms with Gasteiger partial charge in [0.05, 0.1) is 6.20 Å². The van der Waals surface area contributed by atoms with Gasteiger partial charge in [-0.25, -0.2) is 9.78 Å². The maximum atomic E-state index is 10.6. The zero-order chi connectivity index (χ0) is 10.6. The summed E-state index contributed by atoms with van der Waals surface area (Å²) in [5.74, 6) is 1.57. The molecule has 0 saturated carbocycles. The standard InChI is InChI=1S/C9H10N2O2S/c1-3-4-5-11(2)9-10-6-7(14-9)8(12)13/h1,6H,4-5H2,2H3,(H,12,13). The molecule has 14 heavy (non-hydrogen) atoms. The first-order chi connectivity index (χ1) is 6.65. The monoisotopic (exact) mass is 210 g/mol. The molecule has 0 saturated heterocycles. The molecule has 5 heteroatoms. The molecule has 1 N–H and O–H groups in total. The first-order valence-corrected chi connectivity index (χ1v) is 4.80. The van der Waals surface area contributed by atoms with Gasteiger partial charge >= 0.3 is 5.97 Å². The minimum absolute atomic E-state index is 0.243. The summed E-state index contributed by atoms with van der Waals surface area (Å²) in [7, 11) is 1.84. The lowest BCUT2D eigenvalue weighted by atomic mass is 10.4. The molecule has 1 heterocycles. The predicted octanol–water partition coefficient (Wildman–Crippen LogP) is 1.30. The van der Waals surface area contributed by atoms with Crippen molar-refractivity contribution in [2.75, 3.05) is 18.5 Å². The third-order valence-corrected chi connectivity index (χ3v) is 2.72. The maximum absolute atomic E-state index is 10.6. The molecule has 0 aliphatic rings. The highest BCUT2D eigenvalue weighted by Gasteiger charge is 2.10. The molecule has 0 aliphatic heterocycles. The molecule has 4 nitrogen and oxygen atoms in total. The minimum atomic E-state index is -0.945. The fraction of sp³-hybridized carbons (Fsp3) is 0.333. The number of hydrogen-bond donors (Lipinski definition) is 1. The second kappa shape index (κ2) is 4.63. The average molecular weight is 210 g/mol. The van der Waals surface area contributed by atoms with Crippen molar-refractivity contribution in [1.29, 1.82) is 0 Å². The van der Waals surface area contributed by atoms with Gasteiger partial charge in [0, 0.05) is 20.0 Å². The molecule has 1 aromatic heterocycles. The van der Waals surface area contributed by atoms with Crippen LogP contribution in [0.5, 0.6) is 0 Å². The van der Waals surface area contributed by atoms with E-state index in [1.807, 2.05) is 11.9 Å². The van der Waals surface area contributed by atoms with Crippen LogP contribution in [0.1, 0.15) is 16.1 Å².